The smallest absolute Gasteiger partial charge is 0.248 e. The molecule has 3 atom stereocenters. The molecule has 0 aromatic heterocycles. The molecule has 3 aliphatic rings. The number of likely N-dealkylation sites (tertiary alicyclic amines) is 1. The topological polar surface area (TPSA) is 81.7 Å². The number of methoxy groups -OCH3 is 2. The molecule has 1 amide bonds. The van der Waals surface area contributed by atoms with Gasteiger partial charge in [-0.05, 0) is 48.1 Å². The van der Waals surface area contributed by atoms with E-state index in [0.717, 1.165) is 80.2 Å². The van der Waals surface area contributed by atoms with Crippen LogP contribution in [0, 0.1) is 0 Å². The molecule has 1 N–H and O–H groups in total. The zero-order valence-electron chi connectivity index (χ0n) is 24.5. The second-order valence-corrected chi connectivity index (χ2v) is 11.1. The second kappa shape index (κ2) is 15.0. The van der Waals surface area contributed by atoms with Crippen molar-refractivity contribution in [3.8, 4) is 5.75 Å². The minimum Gasteiger partial charge on any atom is -0.490 e. The highest BCUT2D eigenvalue weighted by Crippen LogP contribution is 2.34. The van der Waals surface area contributed by atoms with E-state index in [4.69, 9.17) is 23.7 Å². The summed E-state index contributed by atoms with van der Waals surface area (Å²) in [6, 6.07) is 14.8. The van der Waals surface area contributed by atoms with Crippen LogP contribution in [0.1, 0.15) is 41.9 Å². The zero-order valence-corrected chi connectivity index (χ0v) is 24.5. The summed E-state index contributed by atoms with van der Waals surface area (Å²) in [7, 11) is 3.45. The van der Waals surface area contributed by atoms with E-state index in [2.05, 4.69) is 52.7 Å². The van der Waals surface area contributed by atoms with Crippen molar-refractivity contribution in [2.45, 2.75) is 50.6 Å². The Morgan fingerprint density at radius 2 is 1.68 bits per heavy atom. The molecule has 41 heavy (non-hydrogen) atoms. The van der Waals surface area contributed by atoms with Gasteiger partial charge in [-0.3, -0.25) is 4.79 Å². The normalized spacial score (nSPS) is 22.4. The van der Waals surface area contributed by atoms with E-state index >= 15 is 0 Å². The number of fused-ring (bicyclic) bond motifs is 1. The molecular weight excluding hydrogens is 522 g/mol. The fraction of sp³-hybridized carbons (Fsp3) is 0.594. The Labute approximate surface area is 244 Å². The number of anilines is 1. The first kappa shape index (κ1) is 29.8. The maximum absolute atomic E-state index is 12.8. The minimum atomic E-state index is -0.179. The van der Waals surface area contributed by atoms with Gasteiger partial charge >= 0.3 is 0 Å². The Morgan fingerprint density at radius 3 is 2.44 bits per heavy atom. The zero-order chi connectivity index (χ0) is 28.4. The monoisotopic (exact) mass is 567 g/mol. The quantitative estimate of drug-likeness (QED) is 0.369. The third-order valence-corrected chi connectivity index (χ3v) is 8.27. The van der Waals surface area contributed by atoms with Gasteiger partial charge in [0.1, 0.15) is 19.0 Å². The average Bonchev–Trinajstić information content (AvgIpc) is 3.55. The molecule has 9 nitrogen and oxygen atoms in total. The van der Waals surface area contributed by atoms with Crippen molar-refractivity contribution in [2.24, 2.45) is 0 Å². The lowest BCUT2D eigenvalue weighted by Crippen LogP contribution is -2.51. The van der Waals surface area contributed by atoms with Gasteiger partial charge in [-0.25, -0.2) is 0 Å². The predicted octanol–water partition coefficient (Wildman–Crippen LogP) is 3.35. The lowest BCUT2D eigenvalue weighted by atomic mass is 9.85. The third-order valence-electron chi connectivity index (χ3n) is 8.27. The summed E-state index contributed by atoms with van der Waals surface area (Å²) in [6.45, 7) is 7.41. The van der Waals surface area contributed by atoms with Crippen molar-refractivity contribution in [1.82, 2.24) is 10.2 Å². The van der Waals surface area contributed by atoms with Crippen molar-refractivity contribution in [2.75, 3.05) is 78.2 Å². The lowest BCUT2D eigenvalue weighted by molar-refractivity contribution is -0.139. The van der Waals surface area contributed by atoms with Crippen molar-refractivity contribution < 1.29 is 28.5 Å². The highest BCUT2D eigenvalue weighted by atomic mass is 16.5. The summed E-state index contributed by atoms with van der Waals surface area (Å²) in [5.41, 5.74) is 4.49. The molecule has 2 saturated heterocycles. The van der Waals surface area contributed by atoms with Gasteiger partial charge in [-0.15, -0.1) is 0 Å². The first-order valence-corrected chi connectivity index (χ1v) is 15.0. The van der Waals surface area contributed by atoms with Crippen molar-refractivity contribution in [3.63, 3.8) is 0 Å². The summed E-state index contributed by atoms with van der Waals surface area (Å²) < 4.78 is 29.5. The standard InChI is InChI=1S/C32H45N3O6/c1-37-16-5-14-34-15-17-39-28-11-8-25(18-27(28)34)22-40-29-19-33-20-30(41-23-31(36)35-12-3-4-13-35)32(29)26-9-6-24(7-10-26)21-38-2/h6-11,18,29-30,32-33H,3-5,12-17,19-23H2,1-2H3/t29-,30+,32+/m0/s1. The van der Waals surface area contributed by atoms with Crippen LogP contribution in [-0.4, -0.2) is 96.3 Å². The molecule has 0 spiro atoms. The number of nitrogens with zero attached hydrogens (tertiary/aromatic N) is 2. The Balaban J connectivity index is 1.29. The van der Waals surface area contributed by atoms with Gasteiger partial charge in [0.15, 0.2) is 0 Å². The van der Waals surface area contributed by atoms with Crippen LogP contribution in [0.2, 0.25) is 0 Å². The fourth-order valence-corrected chi connectivity index (χ4v) is 6.10. The highest BCUT2D eigenvalue weighted by molar-refractivity contribution is 5.77. The van der Waals surface area contributed by atoms with Gasteiger partial charge in [0.05, 0.1) is 37.7 Å². The van der Waals surface area contributed by atoms with Crippen LogP contribution in [-0.2, 0) is 37.0 Å². The van der Waals surface area contributed by atoms with E-state index in [1.807, 2.05) is 4.90 Å². The summed E-state index contributed by atoms with van der Waals surface area (Å²) >= 11 is 0. The van der Waals surface area contributed by atoms with Gasteiger partial charge in [0.25, 0.3) is 0 Å². The molecule has 2 aromatic carbocycles. The van der Waals surface area contributed by atoms with E-state index in [1.54, 1.807) is 14.2 Å². The maximum Gasteiger partial charge on any atom is 0.248 e. The van der Waals surface area contributed by atoms with E-state index in [1.165, 1.54) is 0 Å². The number of ether oxygens (including phenoxy) is 5. The molecule has 3 aliphatic heterocycles. The van der Waals surface area contributed by atoms with Gasteiger partial charge in [-0.2, -0.15) is 0 Å². The fourth-order valence-electron chi connectivity index (χ4n) is 6.10. The number of carbonyl (C=O) groups is 1. The van der Waals surface area contributed by atoms with Crippen LogP contribution in [0.4, 0.5) is 5.69 Å². The molecule has 0 bridgehead atoms. The molecule has 0 aliphatic carbocycles. The van der Waals surface area contributed by atoms with Crippen LogP contribution in [0.3, 0.4) is 0 Å². The molecule has 0 saturated carbocycles. The number of rotatable bonds is 13. The van der Waals surface area contributed by atoms with Crippen molar-refractivity contribution in [3.05, 3.63) is 59.2 Å². The molecule has 2 aromatic rings. The van der Waals surface area contributed by atoms with Crippen LogP contribution in [0.5, 0.6) is 5.75 Å². The van der Waals surface area contributed by atoms with E-state index in [-0.39, 0.29) is 30.6 Å². The van der Waals surface area contributed by atoms with E-state index in [9.17, 15) is 4.79 Å². The van der Waals surface area contributed by atoms with Crippen LogP contribution in [0.15, 0.2) is 42.5 Å². The van der Waals surface area contributed by atoms with Gasteiger partial charge in [0.2, 0.25) is 5.91 Å². The number of hydrogen-bond acceptors (Lipinski definition) is 8. The SMILES string of the molecule is COCCCN1CCOc2ccc(CO[C@H]3CNC[C@@H](OCC(=O)N4CCCC4)[C@@H]3c3ccc(COC)cc3)cc21. The molecule has 0 radical (unpaired) electrons. The largest absolute Gasteiger partial charge is 0.490 e. The molecule has 0 unspecified atom stereocenters. The number of piperidine rings is 1. The lowest BCUT2D eigenvalue weighted by Gasteiger charge is -2.39. The van der Waals surface area contributed by atoms with Crippen molar-refractivity contribution in [1.29, 1.82) is 0 Å². The molecule has 224 valence electrons. The number of benzene rings is 2. The summed E-state index contributed by atoms with van der Waals surface area (Å²) in [4.78, 5) is 17.1. The third kappa shape index (κ3) is 7.78. The van der Waals surface area contributed by atoms with Crippen LogP contribution in [0.25, 0.3) is 0 Å². The first-order valence-electron chi connectivity index (χ1n) is 15.0. The van der Waals surface area contributed by atoms with Crippen LogP contribution >= 0.6 is 0 Å². The maximum atomic E-state index is 12.8. The number of hydrogen-bond donors (Lipinski definition) is 1. The molecule has 3 heterocycles. The molecular formula is C32H45N3O6. The second-order valence-electron chi connectivity index (χ2n) is 11.1. The van der Waals surface area contributed by atoms with Crippen LogP contribution < -0.4 is 15.0 Å². The Bertz CT molecular complexity index is 1110. The molecule has 2 fully saturated rings. The minimum absolute atomic E-state index is 0.00859. The number of carbonyl (C=O) groups excluding carboxylic acids is 1. The van der Waals surface area contributed by atoms with Gasteiger partial charge < -0.3 is 38.8 Å². The summed E-state index contributed by atoms with van der Waals surface area (Å²) in [5, 5.41) is 3.50. The summed E-state index contributed by atoms with van der Waals surface area (Å²) in [5.74, 6) is 0.985. The number of nitrogens with one attached hydrogen (secondary N) is 1. The average molecular weight is 568 g/mol. The number of amides is 1. The summed E-state index contributed by atoms with van der Waals surface area (Å²) in [6.07, 6.45) is 2.82. The Hall–Kier alpha value is -2.69. The van der Waals surface area contributed by atoms with Gasteiger partial charge in [0, 0.05) is 59.5 Å². The molecule has 9 heteroatoms. The Morgan fingerprint density at radius 1 is 0.927 bits per heavy atom. The highest BCUT2D eigenvalue weighted by Gasteiger charge is 2.37. The van der Waals surface area contributed by atoms with E-state index < -0.39 is 0 Å². The predicted molar refractivity (Wildman–Crippen MR) is 158 cm³/mol. The van der Waals surface area contributed by atoms with Crippen molar-refractivity contribution >= 4 is 11.6 Å². The Kier molecular flexibility index (Phi) is 10.9. The van der Waals surface area contributed by atoms with E-state index in [0.29, 0.717) is 32.9 Å². The van der Waals surface area contributed by atoms with Gasteiger partial charge in [-0.1, -0.05) is 30.3 Å². The first-order chi connectivity index (χ1) is 20.2. The molecule has 5 rings (SSSR count).